The van der Waals surface area contributed by atoms with Crippen molar-refractivity contribution in [2.45, 2.75) is 51.5 Å². The number of hydrogen-bond acceptors (Lipinski definition) is 3. The van der Waals surface area contributed by atoms with Gasteiger partial charge in [-0.2, -0.15) is 0 Å². The topological polar surface area (TPSA) is 83.6 Å². The van der Waals surface area contributed by atoms with Crippen LogP contribution in [0.15, 0.2) is 0 Å². The Morgan fingerprint density at radius 2 is 1.95 bits per heavy atom. The molecule has 0 spiro atoms. The molecule has 2 fully saturated rings. The van der Waals surface area contributed by atoms with Crippen LogP contribution in [0.4, 0.5) is 0 Å². The summed E-state index contributed by atoms with van der Waals surface area (Å²) in [4.78, 5) is 25.7. The first-order valence-corrected chi connectivity index (χ1v) is 7.26. The van der Waals surface area contributed by atoms with Crippen LogP contribution in [0, 0.1) is 11.3 Å². The van der Waals surface area contributed by atoms with E-state index in [-0.39, 0.29) is 11.9 Å². The quantitative estimate of drug-likeness (QED) is 0.806. The van der Waals surface area contributed by atoms with Crippen molar-refractivity contribution in [3.8, 4) is 0 Å². The van der Waals surface area contributed by atoms with Gasteiger partial charge in [-0.3, -0.25) is 9.59 Å². The Morgan fingerprint density at radius 3 is 2.42 bits per heavy atom. The van der Waals surface area contributed by atoms with Crippen LogP contribution < -0.4 is 5.73 Å². The summed E-state index contributed by atoms with van der Waals surface area (Å²) in [6, 6.07) is -0.213. The highest BCUT2D eigenvalue weighted by Crippen LogP contribution is 2.39. The summed E-state index contributed by atoms with van der Waals surface area (Å²) in [6.45, 7) is 2.78. The Morgan fingerprint density at radius 1 is 1.32 bits per heavy atom. The predicted octanol–water partition coefficient (Wildman–Crippen LogP) is 1.22. The fourth-order valence-corrected chi connectivity index (χ4v) is 3.60. The van der Waals surface area contributed by atoms with Gasteiger partial charge in [0.05, 0.1) is 11.3 Å². The summed E-state index contributed by atoms with van der Waals surface area (Å²) in [5.74, 6) is -1.14. The van der Waals surface area contributed by atoms with Crippen molar-refractivity contribution in [1.29, 1.82) is 0 Å². The molecule has 1 aliphatic carbocycles. The number of nitrogens with zero attached hydrogens (tertiary/aromatic N) is 1. The molecule has 5 nitrogen and oxygen atoms in total. The van der Waals surface area contributed by atoms with E-state index in [1.165, 1.54) is 6.42 Å². The zero-order valence-corrected chi connectivity index (χ0v) is 11.6. The van der Waals surface area contributed by atoms with Gasteiger partial charge in [-0.25, -0.2) is 0 Å². The van der Waals surface area contributed by atoms with Crippen LogP contribution in [-0.4, -0.2) is 41.0 Å². The molecule has 5 heteroatoms. The van der Waals surface area contributed by atoms with Gasteiger partial charge in [0.1, 0.15) is 0 Å². The third-order valence-electron chi connectivity index (χ3n) is 4.99. The van der Waals surface area contributed by atoms with Gasteiger partial charge in [0, 0.05) is 19.1 Å². The van der Waals surface area contributed by atoms with Gasteiger partial charge in [-0.05, 0) is 26.2 Å². The maximum atomic E-state index is 12.8. The molecule has 2 rings (SSSR count). The third kappa shape index (κ3) is 2.48. The van der Waals surface area contributed by atoms with Gasteiger partial charge in [-0.15, -0.1) is 0 Å². The molecule has 2 atom stereocenters. The lowest BCUT2D eigenvalue weighted by Gasteiger charge is -2.39. The number of carboxylic acids is 1. The van der Waals surface area contributed by atoms with Gasteiger partial charge in [0.2, 0.25) is 5.91 Å². The second-order valence-electron chi connectivity index (χ2n) is 6.02. The standard InChI is InChI=1S/C14H24N2O3/c1-10-11(12(17)18)5-8-16(10)13(19)14(9-15)6-3-2-4-7-14/h10-11H,2-9,15H2,1H3,(H,17,18). The van der Waals surface area contributed by atoms with E-state index in [9.17, 15) is 9.59 Å². The Bertz CT molecular complexity index is 364. The van der Waals surface area contributed by atoms with E-state index >= 15 is 0 Å². The normalized spacial score (nSPS) is 30.3. The van der Waals surface area contributed by atoms with Crippen molar-refractivity contribution in [3.63, 3.8) is 0 Å². The lowest BCUT2D eigenvalue weighted by Crippen LogP contribution is -2.51. The molecule has 1 saturated heterocycles. The number of hydrogen-bond donors (Lipinski definition) is 2. The highest BCUT2D eigenvalue weighted by Gasteiger charge is 2.46. The molecule has 0 aromatic heterocycles. The van der Waals surface area contributed by atoms with E-state index < -0.39 is 17.3 Å². The molecule has 2 unspecified atom stereocenters. The zero-order chi connectivity index (χ0) is 14.0. The molecule has 0 aromatic carbocycles. The van der Waals surface area contributed by atoms with Gasteiger partial charge in [0.25, 0.3) is 0 Å². The SMILES string of the molecule is CC1C(C(=O)O)CCN1C(=O)C1(CN)CCCCC1. The lowest BCUT2D eigenvalue weighted by atomic mass is 9.73. The van der Waals surface area contributed by atoms with Crippen LogP contribution in [0.3, 0.4) is 0 Å². The predicted molar refractivity (Wildman–Crippen MR) is 71.5 cm³/mol. The Kier molecular flexibility index (Phi) is 4.13. The monoisotopic (exact) mass is 268 g/mol. The summed E-state index contributed by atoms with van der Waals surface area (Å²) in [7, 11) is 0. The average molecular weight is 268 g/mol. The van der Waals surface area contributed by atoms with E-state index in [4.69, 9.17) is 10.8 Å². The van der Waals surface area contributed by atoms with Gasteiger partial charge < -0.3 is 15.7 Å². The summed E-state index contributed by atoms with van der Waals surface area (Å²) in [5, 5.41) is 9.15. The fourth-order valence-electron chi connectivity index (χ4n) is 3.60. The van der Waals surface area contributed by atoms with Gasteiger partial charge in [-0.1, -0.05) is 19.3 Å². The maximum absolute atomic E-state index is 12.8. The molecule has 1 amide bonds. The first-order valence-electron chi connectivity index (χ1n) is 7.26. The van der Waals surface area contributed by atoms with Crippen molar-refractivity contribution in [2.75, 3.05) is 13.1 Å². The number of nitrogens with two attached hydrogens (primary N) is 1. The Hall–Kier alpha value is -1.10. The van der Waals surface area contributed by atoms with Crippen molar-refractivity contribution in [3.05, 3.63) is 0 Å². The van der Waals surface area contributed by atoms with Crippen molar-refractivity contribution < 1.29 is 14.7 Å². The Labute approximate surface area is 114 Å². The molecule has 0 bridgehead atoms. The van der Waals surface area contributed by atoms with E-state index in [0.29, 0.717) is 19.5 Å². The van der Waals surface area contributed by atoms with Crippen LogP contribution in [0.5, 0.6) is 0 Å². The highest BCUT2D eigenvalue weighted by atomic mass is 16.4. The van der Waals surface area contributed by atoms with Crippen LogP contribution >= 0.6 is 0 Å². The molecule has 1 heterocycles. The minimum Gasteiger partial charge on any atom is -0.481 e. The molecule has 1 saturated carbocycles. The minimum atomic E-state index is -0.798. The number of aliphatic carboxylic acids is 1. The molecule has 0 aromatic rings. The Balaban J connectivity index is 2.13. The summed E-state index contributed by atoms with van der Waals surface area (Å²) in [6.07, 6.45) is 5.53. The maximum Gasteiger partial charge on any atom is 0.308 e. The van der Waals surface area contributed by atoms with E-state index in [1.807, 2.05) is 6.92 Å². The van der Waals surface area contributed by atoms with Gasteiger partial charge >= 0.3 is 5.97 Å². The zero-order valence-electron chi connectivity index (χ0n) is 11.6. The lowest BCUT2D eigenvalue weighted by molar-refractivity contribution is -0.147. The third-order valence-corrected chi connectivity index (χ3v) is 4.99. The number of rotatable bonds is 3. The largest absolute Gasteiger partial charge is 0.481 e. The molecule has 19 heavy (non-hydrogen) atoms. The van der Waals surface area contributed by atoms with Gasteiger partial charge in [0.15, 0.2) is 0 Å². The second kappa shape index (κ2) is 5.49. The smallest absolute Gasteiger partial charge is 0.308 e. The molecular formula is C14H24N2O3. The molecule has 2 aliphatic rings. The number of carbonyl (C=O) groups is 2. The van der Waals surface area contributed by atoms with Crippen LogP contribution in [0.2, 0.25) is 0 Å². The molecule has 0 radical (unpaired) electrons. The van der Waals surface area contributed by atoms with Crippen molar-refractivity contribution >= 4 is 11.9 Å². The fraction of sp³-hybridized carbons (Fsp3) is 0.857. The summed E-state index contributed by atoms with van der Waals surface area (Å²) >= 11 is 0. The number of likely N-dealkylation sites (tertiary alicyclic amines) is 1. The van der Waals surface area contributed by atoms with Crippen LogP contribution in [0.25, 0.3) is 0 Å². The van der Waals surface area contributed by atoms with Crippen molar-refractivity contribution in [2.24, 2.45) is 17.1 Å². The molecular weight excluding hydrogens is 244 g/mol. The summed E-state index contributed by atoms with van der Waals surface area (Å²) in [5.41, 5.74) is 5.45. The van der Waals surface area contributed by atoms with Crippen LogP contribution in [-0.2, 0) is 9.59 Å². The van der Waals surface area contributed by atoms with E-state index in [2.05, 4.69) is 0 Å². The van der Waals surface area contributed by atoms with Crippen molar-refractivity contribution in [1.82, 2.24) is 4.90 Å². The first-order chi connectivity index (χ1) is 9.02. The molecule has 1 aliphatic heterocycles. The second-order valence-corrected chi connectivity index (χ2v) is 6.02. The van der Waals surface area contributed by atoms with Crippen LogP contribution in [0.1, 0.15) is 45.4 Å². The van der Waals surface area contributed by atoms with E-state index in [1.54, 1.807) is 4.90 Å². The number of amides is 1. The minimum absolute atomic E-state index is 0.0888. The summed E-state index contributed by atoms with van der Waals surface area (Å²) < 4.78 is 0. The number of carbonyl (C=O) groups excluding carboxylic acids is 1. The molecule has 108 valence electrons. The van der Waals surface area contributed by atoms with E-state index in [0.717, 1.165) is 25.7 Å². The average Bonchev–Trinajstić information content (AvgIpc) is 2.80. The number of carboxylic acid groups (broad SMARTS) is 1. The first kappa shape index (κ1) is 14.3. The molecule has 3 N–H and O–H groups in total. The highest BCUT2D eigenvalue weighted by molar-refractivity contribution is 5.85.